The molecule has 1 fully saturated rings. The van der Waals surface area contributed by atoms with Gasteiger partial charge in [-0.15, -0.1) is 0 Å². The van der Waals surface area contributed by atoms with Gasteiger partial charge >= 0.3 is 5.97 Å². The van der Waals surface area contributed by atoms with Gasteiger partial charge in [0.15, 0.2) is 0 Å². The molecule has 0 aliphatic carbocycles. The van der Waals surface area contributed by atoms with Crippen LogP contribution in [0, 0.1) is 0 Å². The number of carboxylic acid groups (broad SMARTS) is 1. The summed E-state index contributed by atoms with van der Waals surface area (Å²) in [5.74, 6) is -0.361. The van der Waals surface area contributed by atoms with Crippen LogP contribution in [0.5, 0.6) is 0 Å². The second-order valence-electron chi connectivity index (χ2n) is 2.79. The van der Waals surface area contributed by atoms with Gasteiger partial charge in [-0.1, -0.05) is 6.58 Å². The first-order valence-corrected chi connectivity index (χ1v) is 5.03. The highest BCUT2D eigenvalue weighted by Gasteiger charge is 2.04. The minimum absolute atomic E-state index is 0.156. The summed E-state index contributed by atoms with van der Waals surface area (Å²) in [5.41, 5.74) is 0. The quantitative estimate of drug-likeness (QED) is 0.685. The summed E-state index contributed by atoms with van der Waals surface area (Å²) in [7, 11) is 0. The Morgan fingerprint density at radius 3 is 2.23 bits per heavy atom. The fourth-order valence-corrected chi connectivity index (χ4v) is 1.21. The van der Waals surface area contributed by atoms with Crippen LogP contribution in [0.4, 0.5) is 0 Å². The van der Waals surface area contributed by atoms with Crippen molar-refractivity contribution < 1.29 is 9.90 Å². The molecular formula is C9H17NO2S. The van der Waals surface area contributed by atoms with Crippen molar-refractivity contribution in [2.45, 2.75) is 19.3 Å². The lowest BCUT2D eigenvalue weighted by Gasteiger charge is -2.07. The van der Waals surface area contributed by atoms with Gasteiger partial charge in [0.05, 0.1) is 6.42 Å². The third kappa shape index (κ3) is 7.71. The Hall–Kier alpha value is -0.640. The lowest BCUT2D eigenvalue weighted by Crippen LogP contribution is -2.08. The monoisotopic (exact) mass is 203 g/mol. The SMILES string of the molecule is C=CN1CCCC1.O=C(O)CCS. The smallest absolute Gasteiger partial charge is 0.304 e. The van der Waals surface area contributed by atoms with E-state index in [0.29, 0.717) is 5.75 Å². The molecule has 1 aliphatic heterocycles. The number of thiol groups is 1. The highest BCUT2D eigenvalue weighted by molar-refractivity contribution is 7.80. The van der Waals surface area contributed by atoms with E-state index in [1.165, 1.54) is 25.9 Å². The van der Waals surface area contributed by atoms with Crippen molar-refractivity contribution in [3.8, 4) is 0 Å². The molecule has 0 amide bonds. The Kier molecular flexibility index (Phi) is 7.59. The van der Waals surface area contributed by atoms with Gasteiger partial charge in [-0.3, -0.25) is 4.79 Å². The van der Waals surface area contributed by atoms with Crippen LogP contribution in [0.15, 0.2) is 12.8 Å². The van der Waals surface area contributed by atoms with E-state index in [1.54, 1.807) is 0 Å². The van der Waals surface area contributed by atoms with Crippen LogP contribution in [0.2, 0.25) is 0 Å². The molecular weight excluding hydrogens is 186 g/mol. The van der Waals surface area contributed by atoms with E-state index >= 15 is 0 Å². The van der Waals surface area contributed by atoms with E-state index in [9.17, 15) is 4.79 Å². The number of likely N-dealkylation sites (tertiary alicyclic amines) is 1. The third-order valence-corrected chi connectivity index (χ3v) is 1.95. The predicted molar refractivity (Wildman–Crippen MR) is 57.1 cm³/mol. The molecule has 4 heteroatoms. The maximum absolute atomic E-state index is 9.55. The number of hydrogen-bond donors (Lipinski definition) is 2. The van der Waals surface area contributed by atoms with Gasteiger partial charge in [0.25, 0.3) is 0 Å². The normalized spacial score (nSPS) is 14.7. The molecule has 1 aliphatic rings. The van der Waals surface area contributed by atoms with Gasteiger partial charge in [0.2, 0.25) is 0 Å². The lowest BCUT2D eigenvalue weighted by atomic mass is 10.4. The molecule has 1 rings (SSSR count). The van der Waals surface area contributed by atoms with Crippen LogP contribution < -0.4 is 0 Å². The van der Waals surface area contributed by atoms with Crippen molar-refractivity contribution in [2.75, 3.05) is 18.8 Å². The molecule has 0 atom stereocenters. The number of carboxylic acids is 1. The van der Waals surface area contributed by atoms with E-state index in [4.69, 9.17) is 5.11 Å². The maximum Gasteiger partial charge on any atom is 0.304 e. The van der Waals surface area contributed by atoms with Crippen LogP contribution >= 0.6 is 12.6 Å². The lowest BCUT2D eigenvalue weighted by molar-refractivity contribution is -0.136. The Labute approximate surface area is 84.8 Å². The second kappa shape index (κ2) is 7.98. The molecule has 0 spiro atoms. The van der Waals surface area contributed by atoms with Crippen molar-refractivity contribution in [3.05, 3.63) is 12.8 Å². The molecule has 0 unspecified atom stereocenters. The Balaban J connectivity index is 0.000000226. The van der Waals surface area contributed by atoms with E-state index < -0.39 is 5.97 Å². The third-order valence-electron chi connectivity index (χ3n) is 1.72. The summed E-state index contributed by atoms with van der Waals surface area (Å²) >= 11 is 3.68. The molecule has 1 saturated heterocycles. The molecule has 0 aromatic heterocycles. The van der Waals surface area contributed by atoms with Crippen LogP contribution in [-0.2, 0) is 4.79 Å². The second-order valence-corrected chi connectivity index (χ2v) is 3.24. The van der Waals surface area contributed by atoms with Crippen molar-refractivity contribution >= 4 is 18.6 Å². The van der Waals surface area contributed by atoms with Gasteiger partial charge < -0.3 is 10.0 Å². The van der Waals surface area contributed by atoms with Gasteiger partial charge in [-0.05, 0) is 19.0 Å². The summed E-state index contributed by atoms with van der Waals surface area (Å²) in [6.45, 7) is 6.12. The summed E-state index contributed by atoms with van der Waals surface area (Å²) in [5, 5.41) is 7.86. The van der Waals surface area contributed by atoms with Crippen molar-refractivity contribution in [1.29, 1.82) is 0 Å². The van der Waals surface area contributed by atoms with Gasteiger partial charge in [-0.25, -0.2) is 0 Å². The largest absolute Gasteiger partial charge is 0.481 e. The Morgan fingerprint density at radius 2 is 2.08 bits per heavy atom. The molecule has 0 aromatic rings. The minimum atomic E-state index is -0.787. The molecule has 1 heterocycles. The predicted octanol–water partition coefficient (Wildman–Crippen LogP) is 1.62. The highest BCUT2D eigenvalue weighted by atomic mass is 32.1. The topological polar surface area (TPSA) is 40.5 Å². The van der Waals surface area contributed by atoms with Crippen LogP contribution in [0.1, 0.15) is 19.3 Å². The molecule has 0 radical (unpaired) electrons. The van der Waals surface area contributed by atoms with E-state index in [2.05, 4.69) is 24.1 Å². The van der Waals surface area contributed by atoms with Crippen LogP contribution in [0.25, 0.3) is 0 Å². The number of nitrogens with zero attached hydrogens (tertiary/aromatic N) is 1. The Bertz CT molecular complexity index is 156. The van der Waals surface area contributed by atoms with E-state index in [1.807, 2.05) is 6.20 Å². The first-order valence-electron chi connectivity index (χ1n) is 4.40. The minimum Gasteiger partial charge on any atom is -0.481 e. The zero-order valence-electron chi connectivity index (χ0n) is 7.78. The van der Waals surface area contributed by atoms with Crippen LogP contribution in [0.3, 0.4) is 0 Å². The summed E-state index contributed by atoms with van der Waals surface area (Å²) in [6, 6.07) is 0. The number of aliphatic carboxylic acids is 1. The number of carbonyl (C=O) groups is 1. The van der Waals surface area contributed by atoms with E-state index in [0.717, 1.165) is 0 Å². The molecule has 1 N–H and O–H groups in total. The van der Waals surface area contributed by atoms with Crippen molar-refractivity contribution in [3.63, 3.8) is 0 Å². The standard InChI is InChI=1S/C6H11N.C3H6O2S/c1-2-7-5-3-4-6-7;4-3(5)1-2-6/h2H,1,3-6H2;6H,1-2H2,(H,4,5). The fraction of sp³-hybridized carbons (Fsp3) is 0.667. The highest BCUT2D eigenvalue weighted by Crippen LogP contribution is 2.05. The molecule has 0 aromatic carbocycles. The molecule has 0 saturated carbocycles. The first-order chi connectivity index (χ1) is 6.20. The first kappa shape index (κ1) is 12.4. The molecule has 0 bridgehead atoms. The summed E-state index contributed by atoms with van der Waals surface area (Å²) in [4.78, 5) is 11.8. The van der Waals surface area contributed by atoms with Gasteiger partial charge in [0.1, 0.15) is 0 Å². The molecule has 76 valence electrons. The fourth-order valence-electron chi connectivity index (χ4n) is 1.02. The van der Waals surface area contributed by atoms with Crippen molar-refractivity contribution in [1.82, 2.24) is 4.90 Å². The Morgan fingerprint density at radius 1 is 1.54 bits per heavy atom. The zero-order valence-corrected chi connectivity index (χ0v) is 8.67. The van der Waals surface area contributed by atoms with Gasteiger partial charge in [0, 0.05) is 18.8 Å². The molecule has 3 nitrogen and oxygen atoms in total. The summed E-state index contributed by atoms with van der Waals surface area (Å²) < 4.78 is 0. The average Bonchev–Trinajstić information content (AvgIpc) is 2.56. The van der Waals surface area contributed by atoms with Gasteiger partial charge in [-0.2, -0.15) is 12.6 Å². The zero-order chi connectivity index (χ0) is 10.1. The summed E-state index contributed by atoms with van der Waals surface area (Å²) in [6.07, 6.45) is 4.79. The number of hydrogen-bond acceptors (Lipinski definition) is 3. The molecule has 13 heavy (non-hydrogen) atoms. The number of rotatable bonds is 3. The van der Waals surface area contributed by atoms with E-state index in [-0.39, 0.29) is 6.42 Å². The maximum atomic E-state index is 9.55. The van der Waals surface area contributed by atoms with Crippen LogP contribution in [-0.4, -0.2) is 34.8 Å². The average molecular weight is 203 g/mol. The van der Waals surface area contributed by atoms with Crippen molar-refractivity contribution in [2.24, 2.45) is 0 Å².